The lowest BCUT2D eigenvalue weighted by Gasteiger charge is -2.13. The van der Waals surface area contributed by atoms with E-state index in [4.69, 9.17) is 5.73 Å². The molecule has 2 aromatic rings. The third-order valence-electron chi connectivity index (χ3n) is 2.33. The molecule has 0 spiro atoms. The van der Waals surface area contributed by atoms with Gasteiger partial charge in [-0.25, -0.2) is 0 Å². The third kappa shape index (κ3) is 2.55. The second-order valence-corrected chi connectivity index (χ2v) is 3.80. The van der Waals surface area contributed by atoms with Gasteiger partial charge in [0.1, 0.15) is 0 Å². The topological polar surface area (TPSA) is 55.9 Å². The minimum absolute atomic E-state index is 0.0638. The Labute approximate surface area is 101 Å². The van der Waals surface area contributed by atoms with Crippen LogP contribution in [0.4, 0.5) is 30.4 Å². The average molecular weight is 256 g/mol. The van der Waals surface area contributed by atoms with Crippen molar-refractivity contribution in [2.45, 2.75) is 6.18 Å². The van der Waals surface area contributed by atoms with Crippen LogP contribution in [0.3, 0.4) is 0 Å². The Hall–Kier alpha value is -2.18. The monoisotopic (exact) mass is 256 g/mol. The molecule has 7 heteroatoms. The van der Waals surface area contributed by atoms with Crippen LogP contribution in [0.1, 0.15) is 5.56 Å². The first-order valence-electron chi connectivity index (χ1n) is 5.09. The maximum atomic E-state index is 12.8. The van der Waals surface area contributed by atoms with Crippen LogP contribution in [0.2, 0.25) is 0 Å². The van der Waals surface area contributed by atoms with E-state index in [0.717, 1.165) is 6.07 Å². The summed E-state index contributed by atoms with van der Waals surface area (Å²) < 4.78 is 39.9. The van der Waals surface area contributed by atoms with E-state index in [2.05, 4.69) is 10.4 Å². The quantitative estimate of drug-likeness (QED) is 0.812. The predicted molar refractivity (Wildman–Crippen MR) is 62.3 cm³/mol. The number of alkyl halides is 3. The number of nitrogen functional groups attached to an aromatic ring is 1. The van der Waals surface area contributed by atoms with E-state index in [9.17, 15) is 13.2 Å². The maximum Gasteiger partial charge on any atom is 0.418 e. The summed E-state index contributed by atoms with van der Waals surface area (Å²) >= 11 is 0. The van der Waals surface area contributed by atoms with Crippen LogP contribution in [0.25, 0.3) is 0 Å². The number of nitrogens with zero attached hydrogens (tertiary/aromatic N) is 2. The van der Waals surface area contributed by atoms with Gasteiger partial charge in [0.2, 0.25) is 0 Å². The van der Waals surface area contributed by atoms with Gasteiger partial charge < -0.3 is 11.1 Å². The standard InChI is InChI=1S/C11H11F3N4/c1-18-5-4-10(17-18)16-9-3-2-7(15)6-8(9)11(12,13)14/h2-6H,15H2,1H3,(H,16,17). The van der Waals surface area contributed by atoms with E-state index in [1.807, 2.05) is 0 Å². The van der Waals surface area contributed by atoms with Gasteiger partial charge in [-0.2, -0.15) is 18.3 Å². The molecule has 0 aliphatic heterocycles. The second kappa shape index (κ2) is 4.25. The van der Waals surface area contributed by atoms with Crippen molar-refractivity contribution in [3.05, 3.63) is 36.0 Å². The van der Waals surface area contributed by atoms with E-state index >= 15 is 0 Å². The summed E-state index contributed by atoms with van der Waals surface area (Å²) in [5, 5.41) is 6.58. The highest BCUT2D eigenvalue weighted by Crippen LogP contribution is 2.36. The molecule has 2 rings (SSSR count). The second-order valence-electron chi connectivity index (χ2n) is 3.80. The van der Waals surface area contributed by atoms with Crippen LogP contribution in [-0.4, -0.2) is 9.78 Å². The molecule has 3 N–H and O–H groups in total. The van der Waals surface area contributed by atoms with Crippen LogP contribution < -0.4 is 11.1 Å². The Morgan fingerprint density at radius 3 is 2.56 bits per heavy atom. The molecule has 4 nitrogen and oxygen atoms in total. The molecule has 0 atom stereocenters. The van der Waals surface area contributed by atoms with Gasteiger partial charge in [-0.05, 0) is 18.2 Å². The van der Waals surface area contributed by atoms with Gasteiger partial charge in [0, 0.05) is 25.0 Å². The minimum atomic E-state index is -4.47. The Balaban J connectivity index is 2.38. The van der Waals surface area contributed by atoms with Crippen molar-refractivity contribution in [1.29, 1.82) is 0 Å². The summed E-state index contributed by atoms with van der Waals surface area (Å²) in [7, 11) is 1.68. The van der Waals surface area contributed by atoms with Crippen molar-refractivity contribution in [3.63, 3.8) is 0 Å². The zero-order valence-corrected chi connectivity index (χ0v) is 9.49. The summed E-state index contributed by atoms with van der Waals surface area (Å²) in [6.07, 6.45) is -2.83. The first kappa shape index (κ1) is 12.3. The van der Waals surface area contributed by atoms with Crippen molar-refractivity contribution in [3.8, 4) is 0 Å². The minimum Gasteiger partial charge on any atom is -0.399 e. The van der Waals surface area contributed by atoms with E-state index < -0.39 is 11.7 Å². The number of aryl methyl sites for hydroxylation is 1. The van der Waals surface area contributed by atoms with Crippen LogP contribution >= 0.6 is 0 Å². The van der Waals surface area contributed by atoms with E-state index in [1.54, 1.807) is 19.3 Å². The van der Waals surface area contributed by atoms with Gasteiger partial charge in [0.05, 0.1) is 11.3 Å². The van der Waals surface area contributed by atoms with Gasteiger partial charge in [-0.15, -0.1) is 0 Å². The fraction of sp³-hybridized carbons (Fsp3) is 0.182. The largest absolute Gasteiger partial charge is 0.418 e. The molecule has 0 fully saturated rings. The van der Waals surface area contributed by atoms with Crippen molar-refractivity contribution < 1.29 is 13.2 Å². The van der Waals surface area contributed by atoms with Crippen molar-refractivity contribution in [1.82, 2.24) is 9.78 Å². The maximum absolute atomic E-state index is 12.8. The fourth-order valence-corrected chi connectivity index (χ4v) is 1.53. The summed E-state index contributed by atoms with van der Waals surface area (Å²) in [6.45, 7) is 0. The van der Waals surface area contributed by atoms with Crippen LogP contribution in [-0.2, 0) is 13.2 Å². The highest BCUT2D eigenvalue weighted by atomic mass is 19.4. The van der Waals surface area contributed by atoms with Crippen molar-refractivity contribution in [2.24, 2.45) is 7.05 Å². The van der Waals surface area contributed by atoms with Crippen molar-refractivity contribution >= 4 is 17.2 Å². The molecule has 18 heavy (non-hydrogen) atoms. The Morgan fingerprint density at radius 1 is 1.28 bits per heavy atom. The normalized spacial score (nSPS) is 11.6. The molecule has 0 saturated carbocycles. The number of rotatable bonds is 2. The molecule has 0 aliphatic carbocycles. The summed E-state index contributed by atoms with van der Waals surface area (Å²) in [5.74, 6) is 0.341. The van der Waals surface area contributed by atoms with Crippen molar-refractivity contribution in [2.75, 3.05) is 11.1 Å². The summed E-state index contributed by atoms with van der Waals surface area (Å²) in [5.41, 5.74) is 4.55. The average Bonchev–Trinajstić information content (AvgIpc) is 2.65. The smallest absolute Gasteiger partial charge is 0.399 e. The Morgan fingerprint density at radius 2 is 2.00 bits per heavy atom. The molecule has 0 bridgehead atoms. The first-order valence-corrected chi connectivity index (χ1v) is 5.09. The molecular weight excluding hydrogens is 245 g/mol. The van der Waals surface area contributed by atoms with E-state index in [1.165, 1.54) is 16.8 Å². The third-order valence-corrected chi connectivity index (χ3v) is 2.33. The lowest BCUT2D eigenvalue weighted by Crippen LogP contribution is -2.09. The Bertz CT molecular complexity index is 560. The molecule has 0 saturated heterocycles. The number of halogens is 3. The highest BCUT2D eigenvalue weighted by Gasteiger charge is 2.33. The van der Waals surface area contributed by atoms with E-state index in [0.29, 0.717) is 5.82 Å². The number of anilines is 3. The van der Waals surface area contributed by atoms with Gasteiger partial charge in [-0.1, -0.05) is 0 Å². The van der Waals surface area contributed by atoms with Gasteiger partial charge in [0.25, 0.3) is 0 Å². The zero-order valence-electron chi connectivity index (χ0n) is 9.49. The van der Waals surface area contributed by atoms with Crippen LogP contribution in [0, 0.1) is 0 Å². The van der Waals surface area contributed by atoms with Crippen LogP contribution in [0.5, 0.6) is 0 Å². The molecule has 1 aromatic heterocycles. The fourth-order valence-electron chi connectivity index (χ4n) is 1.53. The molecule has 1 heterocycles. The predicted octanol–water partition coefficient (Wildman–Crippen LogP) is 2.76. The number of aromatic nitrogens is 2. The molecule has 0 amide bonds. The number of benzene rings is 1. The first-order chi connectivity index (χ1) is 8.36. The molecule has 0 unspecified atom stereocenters. The molecule has 0 radical (unpaired) electrons. The number of nitrogens with one attached hydrogen (secondary N) is 1. The summed E-state index contributed by atoms with van der Waals surface area (Å²) in [6, 6.07) is 5.16. The van der Waals surface area contributed by atoms with Gasteiger partial charge in [0.15, 0.2) is 5.82 Å². The van der Waals surface area contributed by atoms with Gasteiger partial charge >= 0.3 is 6.18 Å². The molecular formula is C11H11F3N4. The SMILES string of the molecule is Cn1ccc(Nc2ccc(N)cc2C(F)(F)F)n1. The lowest BCUT2D eigenvalue weighted by atomic mass is 10.1. The summed E-state index contributed by atoms with van der Waals surface area (Å²) in [4.78, 5) is 0. The highest BCUT2D eigenvalue weighted by molar-refractivity contribution is 5.64. The molecule has 96 valence electrons. The lowest BCUT2D eigenvalue weighted by molar-refractivity contribution is -0.136. The molecule has 1 aromatic carbocycles. The zero-order chi connectivity index (χ0) is 13.3. The number of hydrogen-bond acceptors (Lipinski definition) is 3. The van der Waals surface area contributed by atoms with E-state index in [-0.39, 0.29) is 11.4 Å². The molecule has 0 aliphatic rings. The van der Waals surface area contributed by atoms with Crippen LogP contribution in [0.15, 0.2) is 30.5 Å². The Kier molecular flexibility index (Phi) is 2.90. The number of nitrogens with two attached hydrogens (primary N) is 1. The number of hydrogen-bond donors (Lipinski definition) is 2. The van der Waals surface area contributed by atoms with Gasteiger partial charge in [-0.3, -0.25) is 4.68 Å².